The van der Waals surface area contributed by atoms with Crippen molar-refractivity contribution in [3.63, 3.8) is 0 Å². The highest BCUT2D eigenvalue weighted by atomic mass is 16.9. The van der Waals surface area contributed by atoms with E-state index in [0.29, 0.717) is 0 Å². The van der Waals surface area contributed by atoms with Crippen molar-refractivity contribution in [1.29, 1.82) is 0 Å². The van der Waals surface area contributed by atoms with Gasteiger partial charge in [0.2, 0.25) is 0 Å². The van der Waals surface area contributed by atoms with Crippen LogP contribution in [0.3, 0.4) is 0 Å². The summed E-state index contributed by atoms with van der Waals surface area (Å²) in [5, 5.41) is 13.6. The number of aromatic nitrogens is 2. The lowest BCUT2D eigenvalue weighted by atomic mass is 10.4. The highest BCUT2D eigenvalue weighted by Gasteiger charge is 1.96. The van der Waals surface area contributed by atoms with Gasteiger partial charge in [0.25, 0.3) is 5.09 Å². The van der Waals surface area contributed by atoms with Crippen molar-refractivity contribution in [3.8, 4) is 0 Å². The molecule has 1 heterocycles. The lowest BCUT2D eigenvalue weighted by Gasteiger charge is -2.01. The van der Waals surface area contributed by atoms with E-state index in [2.05, 4.69) is 23.4 Å². The smallest absolute Gasteiger partial charge is 0.291 e. The largest absolute Gasteiger partial charge is 0.335 e. The summed E-state index contributed by atoms with van der Waals surface area (Å²) >= 11 is 0. The summed E-state index contributed by atoms with van der Waals surface area (Å²) in [5.74, 6) is 1.20. The number of hydrogen-bond donors (Lipinski definition) is 1. The van der Waals surface area contributed by atoms with Crippen molar-refractivity contribution in [1.82, 2.24) is 9.55 Å². The molecule has 1 rings (SSSR count). The van der Waals surface area contributed by atoms with E-state index in [0.717, 1.165) is 13.0 Å². The first-order valence-corrected chi connectivity index (χ1v) is 4.45. The van der Waals surface area contributed by atoms with E-state index in [4.69, 9.17) is 15.3 Å². The fraction of sp³-hybridized carbons (Fsp3) is 0.625. The Hall–Kier alpha value is -1.59. The minimum Gasteiger partial charge on any atom is -0.335 e. The van der Waals surface area contributed by atoms with E-state index < -0.39 is 5.09 Å². The molecule has 0 unspecified atom stereocenters. The van der Waals surface area contributed by atoms with Crippen molar-refractivity contribution < 1.29 is 10.3 Å². The maximum absolute atomic E-state index is 8.36. The molecule has 0 aliphatic rings. The van der Waals surface area contributed by atoms with Crippen LogP contribution in [0.15, 0.2) is 12.4 Å². The van der Waals surface area contributed by atoms with Gasteiger partial charge in [0, 0.05) is 25.4 Å². The molecule has 80 valence electrons. The monoisotopic (exact) mass is 201 g/mol. The van der Waals surface area contributed by atoms with Gasteiger partial charge in [-0.05, 0) is 6.42 Å². The standard InChI is InChI=1S/C8H14N2.HNO3/c1-3-6-10-7-5-9-8(10)4-2;2-1(3)4/h5,7H,3-4,6H2,1-2H3;(H,2,3,4). The van der Waals surface area contributed by atoms with Gasteiger partial charge in [0.1, 0.15) is 5.82 Å². The Labute approximate surface area is 82.3 Å². The quantitative estimate of drug-likeness (QED) is 0.593. The second-order valence-corrected chi connectivity index (χ2v) is 2.63. The Morgan fingerprint density at radius 1 is 1.64 bits per heavy atom. The topological polar surface area (TPSA) is 81.2 Å². The van der Waals surface area contributed by atoms with Crippen molar-refractivity contribution in [2.75, 3.05) is 0 Å². The SMILES string of the molecule is CCCn1ccnc1CC.O=[N+]([O-])O. The molecule has 0 spiro atoms. The number of hydrogen-bond acceptors (Lipinski definition) is 3. The third-order valence-corrected chi connectivity index (χ3v) is 1.58. The van der Waals surface area contributed by atoms with E-state index in [1.165, 1.54) is 12.2 Å². The van der Waals surface area contributed by atoms with Gasteiger partial charge in [-0.2, -0.15) is 0 Å². The van der Waals surface area contributed by atoms with Crippen LogP contribution in [0.1, 0.15) is 26.1 Å². The Balaban J connectivity index is 0.000000364. The summed E-state index contributed by atoms with van der Waals surface area (Å²) in [4.78, 5) is 12.6. The van der Waals surface area contributed by atoms with E-state index >= 15 is 0 Å². The average Bonchev–Trinajstić information content (AvgIpc) is 2.51. The lowest BCUT2D eigenvalue weighted by Crippen LogP contribution is -2.00. The first-order chi connectivity index (χ1) is 6.61. The molecule has 1 aromatic rings. The second-order valence-electron chi connectivity index (χ2n) is 2.63. The van der Waals surface area contributed by atoms with Crippen LogP contribution in [0.25, 0.3) is 0 Å². The van der Waals surface area contributed by atoms with Gasteiger partial charge in [-0.1, -0.05) is 13.8 Å². The minimum absolute atomic E-state index is 1.03. The lowest BCUT2D eigenvalue weighted by molar-refractivity contribution is -0.742. The highest BCUT2D eigenvalue weighted by molar-refractivity contribution is 4.91. The molecule has 6 heteroatoms. The number of aryl methyl sites for hydroxylation is 2. The zero-order chi connectivity index (χ0) is 11.0. The molecule has 0 aliphatic carbocycles. The zero-order valence-corrected chi connectivity index (χ0v) is 8.38. The molecule has 14 heavy (non-hydrogen) atoms. The summed E-state index contributed by atoms with van der Waals surface area (Å²) in [7, 11) is 0. The van der Waals surface area contributed by atoms with Gasteiger partial charge in [0.15, 0.2) is 0 Å². The van der Waals surface area contributed by atoms with Gasteiger partial charge < -0.3 is 9.77 Å². The van der Waals surface area contributed by atoms with Crippen LogP contribution >= 0.6 is 0 Å². The second kappa shape index (κ2) is 6.88. The zero-order valence-electron chi connectivity index (χ0n) is 8.38. The molecule has 6 nitrogen and oxygen atoms in total. The first kappa shape index (κ1) is 12.4. The normalized spacial score (nSPS) is 9.00. The fourth-order valence-corrected chi connectivity index (χ4v) is 1.10. The van der Waals surface area contributed by atoms with Crippen molar-refractivity contribution in [2.45, 2.75) is 33.2 Å². The number of rotatable bonds is 3. The minimum atomic E-state index is -1.50. The predicted molar refractivity (Wildman–Crippen MR) is 50.7 cm³/mol. The van der Waals surface area contributed by atoms with Crippen LogP contribution in [-0.2, 0) is 13.0 Å². The Morgan fingerprint density at radius 2 is 2.21 bits per heavy atom. The molecule has 0 saturated carbocycles. The third-order valence-electron chi connectivity index (χ3n) is 1.58. The molecule has 1 aromatic heterocycles. The molecule has 0 amide bonds. The van der Waals surface area contributed by atoms with Crippen molar-refractivity contribution in [3.05, 3.63) is 28.3 Å². The Kier molecular flexibility index (Phi) is 6.09. The van der Waals surface area contributed by atoms with Crippen LogP contribution in [0, 0.1) is 10.1 Å². The summed E-state index contributed by atoms with van der Waals surface area (Å²) in [6.07, 6.45) is 6.13. The molecule has 0 bridgehead atoms. The number of imidazole rings is 1. The summed E-state index contributed by atoms with van der Waals surface area (Å²) in [6.45, 7) is 5.41. The van der Waals surface area contributed by atoms with Crippen LogP contribution < -0.4 is 0 Å². The van der Waals surface area contributed by atoms with Crippen LogP contribution in [0.2, 0.25) is 0 Å². The predicted octanol–water partition coefficient (Wildman–Crippen LogP) is 1.51. The molecule has 0 atom stereocenters. The average molecular weight is 201 g/mol. The van der Waals surface area contributed by atoms with E-state index in [1.807, 2.05) is 12.4 Å². The molecule has 0 aliphatic heterocycles. The van der Waals surface area contributed by atoms with Crippen molar-refractivity contribution in [2.24, 2.45) is 0 Å². The van der Waals surface area contributed by atoms with Crippen LogP contribution in [0.4, 0.5) is 0 Å². The fourth-order valence-electron chi connectivity index (χ4n) is 1.10. The molecule has 1 N–H and O–H groups in total. The maximum Gasteiger partial charge on any atom is 0.291 e. The molecule has 0 radical (unpaired) electrons. The van der Waals surface area contributed by atoms with Gasteiger partial charge in [0.05, 0.1) is 0 Å². The first-order valence-electron chi connectivity index (χ1n) is 4.45. The van der Waals surface area contributed by atoms with Crippen molar-refractivity contribution >= 4 is 0 Å². The highest BCUT2D eigenvalue weighted by Crippen LogP contribution is 1.98. The van der Waals surface area contributed by atoms with Gasteiger partial charge in [-0.15, -0.1) is 10.1 Å². The van der Waals surface area contributed by atoms with Crippen LogP contribution in [0.5, 0.6) is 0 Å². The van der Waals surface area contributed by atoms with E-state index in [1.54, 1.807) is 0 Å². The number of nitrogens with zero attached hydrogens (tertiary/aromatic N) is 3. The Bertz CT molecular complexity index is 269. The third kappa shape index (κ3) is 5.13. The molecular weight excluding hydrogens is 186 g/mol. The van der Waals surface area contributed by atoms with E-state index in [-0.39, 0.29) is 0 Å². The molecular formula is C8H15N3O3. The summed E-state index contributed by atoms with van der Waals surface area (Å²) < 4.78 is 2.21. The molecule has 0 fully saturated rings. The summed E-state index contributed by atoms with van der Waals surface area (Å²) in [5.41, 5.74) is 0. The Morgan fingerprint density at radius 3 is 2.64 bits per heavy atom. The van der Waals surface area contributed by atoms with E-state index in [9.17, 15) is 0 Å². The van der Waals surface area contributed by atoms with Gasteiger partial charge in [-0.3, -0.25) is 0 Å². The van der Waals surface area contributed by atoms with Gasteiger partial charge >= 0.3 is 0 Å². The molecule has 0 saturated heterocycles. The molecule has 0 aromatic carbocycles. The maximum atomic E-state index is 8.36. The summed E-state index contributed by atoms with van der Waals surface area (Å²) in [6, 6.07) is 0. The van der Waals surface area contributed by atoms with Gasteiger partial charge in [-0.25, -0.2) is 4.98 Å². The van der Waals surface area contributed by atoms with Crippen LogP contribution in [-0.4, -0.2) is 19.8 Å².